The number of hydrogen-bond donors (Lipinski definition) is 0. The molecular weight excluding hydrogens is 392 g/mol. The van der Waals surface area contributed by atoms with Crippen molar-refractivity contribution in [2.24, 2.45) is 0 Å². The van der Waals surface area contributed by atoms with Gasteiger partial charge in [0.2, 0.25) is 0 Å². The molecule has 0 saturated carbocycles. The van der Waals surface area contributed by atoms with Crippen LogP contribution in [0.4, 0.5) is 5.69 Å². The Balaban J connectivity index is 1.29. The Morgan fingerprint density at radius 1 is 1.03 bits per heavy atom. The highest BCUT2D eigenvalue weighted by Crippen LogP contribution is 2.26. The number of carbonyl (C=O) groups is 1. The van der Waals surface area contributed by atoms with Crippen LogP contribution in [0.1, 0.15) is 33.3 Å². The van der Waals surface area contributed by atoms with Crippen molar-refractivity contribution < 1.29 is 13.9 Å². The molecule has 31 heavy (non-hydrogen) atoms. The van der Waals surface area contributed by atoms with E-state index < -0.39 is 0 Å². The van der Waals surface area contributed by atoms with E-state index in [2.05, 4.69) is 16.0 Å². The standard InChI is InChI=1S/C24H26N4O3/c29-24(19-5-1-2-6-21(19)27-12-14-30-15-13-27)28-11-9-22-20(17-28)26-23(31-22)8-7-18-4-3-10-25-16-18/h1-6,10,16H,7-9,11-15,17H2. The molecule has 2 aliphatic heterocycles. The second-order valence-corrected chi connectivity index (χ2v) is 7.93. The Morgan fingerprint density at radius 2 is 1.90 bits per heavy atom. The van der Waals surface area contributed by atoms with E-state index >= 15 is 0 Å². The van der Waals surface area contributed by atoms with E-state index in [1.807, 2.05) is 41.4 Å². The molecule has 7 heteroatoms. The van der Waals surface area contributed by atoms with Crippen LogP contribution in [0.5, 0.6) is 0 Å². The number of rotatable bonds is 5. The first-order valence-corrected chi connectivity index (χ1v) is 10.9. The summed E-state index contributed by atoms with van der Waals surface area (Å²) < 4.78 is 11.5. The van der Waals surface area contributed by atoms with Crippen molar-refractivity contribution in [3.05, 3.63) is 77.3 Å². The van der Waals surface area contributed by atoms with E-state index in [1.165, 1.54) is 0 Å². The summed E-state index contributed by atoms with van der Waals surface area (Å²) in [5.41, 5.74) is 3.77. The maximum absolute atomic E-state index is 13.4. The number of amides is 1. The molecule has 4 heterocycles. The zero-order valence-corrected chi connectivity index (χ0v) is 17.5. The van der Waals surface area contributed by atoms with Gasteiger partial charge in [-0.1, -0.05) is 18.2 Å². The highest BCUT2D eigenvalue weighted by atomic mass is 16.5. The van der Waals surface area contributed by atoms with E-state index in [-0.39, 0.29) is 5.91 Å². The van der Waals surface area contributed by atoms with Crippen molar-refractivity contribution in [3.63, 3.8) is 0 Å². The lowest BCUT2D eigenvalue weighted by molar-refractivity contribution is 0.0727. The number of morpholine rings is 1. The maximum Gasteiger partial charge on any atom is 0.256 e. The number of benzene rings is 1. The quantitative estimate of drug-likeness (QED) is 0.635. The lowest BCUT2D eigenvalue weighted by Crippen LogP contribution is -2.39. The molecular formula is C24H26N4O3. The number of para-hydroxylation sites is 1. The van der Waals surface area contributed by atoms with Crippen LogP contribution in [0.15, 0.2) is 53.2 Å². The van der Waals surface area contributed by atoms with Crippen molar-refractivity contribution in [1.82, 2.24) is 14.9 Å². The van der Waals surface area contributed by atoms with Crippen LogP contribution in [-0.2, 0) is 30.5 Å². The molecule has 0 aliphatic carbocycles. The van der Waals surface area contributed by atoms with E-state index in [1.54, 1.807) is 6.20 Å². The molecule has 0 atom stereocenters. The molecule has 0 radical (unpaired) electrons. The maximum atomic E-state index is 13.4. The first kappa shape index (κ1) is 19.8. The van der Waals surface area contributed by atoms with Crippen LogP contribution in [0.25, 0.3) is 0 Å². The molecule has 0 N–H and O–H groups in total. The van der Waals surface area contributed by atoms with Gasteiger partial charge in [0.25, 0.3) is 5.91 Å². The summed E-state index contributed by atoms with van der Waals surface area (Å²) in [6.07, 6.45) is 5.90. The van der Waals surface area contributed by atoms with Gasteiger partial charge >= 0.3 is 0 Å². The Labute approximate surface area is 181 Å². The number of fused-ring (bicyclic) bond motifs is 1. The van der Waals surface area contributed by atoms with Gasteiger partial charge in [-0.05, 0) is 30.2 Å². The van der Waals surface area contributed by atoms with Gasteiger partial charge in [0.15, 0.2) is 5.89 Å². The lowest BCUT2D eigenvalue weighted by Gasteiger charge is -2.32. The summed E-state index contributed by atoms with van der Waals surface area (Å²) in [5, 5.41) is 0. The molecule has 0 spiro atoms. The summed E-state index contributed by atoms with van der Waals surface area (Å²) in [6, 6.07) is 11.9. The van der Waals surface area contributed by atoms with Crippen LogP contribution >= 0.6 is 0 Å². The second-order valence-electron chi connectivity index (χ2n) is 7.93. The van der Waals surface area contributed by atoms with Crippen molar-refractivity contribution in [2.75, 3.05) is 37.7 Å². The minimum absolute atomic E-state index is 0.0488. The number of ether oxygens (including phenoxy) is 1. The molecule has 1 saturated heterocycles. The Kier molecular flexibility index (Phi) is 5.67. The van der Waals surface area contributed by atoms with Crippen LogP contribution in [-0.4, -0.2) is 53.6 Å². The number of aromatic nitrogens is 2. The second kappa shape index (κ2) is 8.89. The molecule has 1 fully saturated rings. The van der Waals surface area contributed by atoms with Crippen molar-refractivity contribution in [3.8, 4) is 0 Å². The van der Waals surface area contributed by atoms with Crippen molar-refractivity contribution in [1.29, 1.82) is 0 Å². The van der Waals surface area contributed by atoms with Crippen molar-refractivity contribution >= 4 is 11.6 Å². The molecule has 0 unspecified atom stereocenters. The van der Waals surface area contributed by atoms with Crippen LogP contribution < -0.4 is 4.90 Å². The molecule has 5 rings (SSSR count). The zero-order valence-electron chi connectivity index (χ0n) is 17.5. The summed E-state index contributed by atoms with van der Waals surface area (Å²) >= 11 is 0. The Hall–Kier alpha value is -3.19. The molecule has 1 aromatic carbocycles. The first-order valence-electron chi connectivity index (χ1n) is 10.9. The first-order chi connectivity index (χ1) is 15.3. The summed E-state index contributed by atoms with van der Waals surface area (Å²) in [5.74, 6) is 1.69. The third kappa shape index (κ3) is 4.32. The van der Waals surface area contributed by atoms with Gasteiger partial charge in [-0.3, -0.25) is 9.78 Å². The zero-order chi connectivity index (χ0) is 21.0. The van der Waals surface area contributed by atoms with Crippen LogP contribution in [0.3, 0.4) is 0 Å². The SMILES string of the molecule is O=C(c1ccccc1N1CCOCC1)N1CCc2oc(CCc3cccnc3)nc2C1. The minimum atomic E-state index is 0.0488. The van der Waals surface area contributed by atoms with Crippen LogP contribution in [0.2, 0.25) is 0 Å². The van der Waals surface area contributed by atoms with Gasteiger partial charge in [-0.15, -0.1) is 0 Å². The highest BCUT2D eigenvalue weighted by Gasteiger charge is 2.28. The fourth-order valence-corrected chi connectivity index (χ4v) is 4.23. The fourth-order valence-electron chi connectivity index (χ4n) is 4.23. The monoisotopic (exact) mass is 418 g/mol. The predicted octanol–water partition coefficient (Wildman–Crippen LogP) is 2.89. The fraction of sp³-hybridized carbons (Fsp3) is 0.375. The molecule has 2 aromatic heterocycles. The number of carbonyl (C=O) groups excluding carboxylic acids is 1. The molecule has 160 valence electrons. The minimum Gasteiger partial charge on any atom is -0.445 e. The molecule has 3 aromatic rings. The largest absolute Gasteiger partial charge is 0.445 e. The number of oxazole rings is 1. The third-order valence-electron chi connectivity index (χ3n) is 5.90. The number of nitrogens with zero attached hydrogens (tertiary/aromatic N) is 4. The number of aryl methyl sites for hydroxylation is 2. The summed E-state index contributed by atoms with van der Waals surface area (Å²) in [4.78, 5) is 26.4. The van der Waals surface area contributed by atoms with E-state index in [0.717, 1.165) is 60.1 Å². The van der Waals surface area contributed by atoms with Crippen molar-refractivity contribution in [2.45, 2.75) is 25.8 Å². The average molecular weight is 418 g/mol. The molecule has 0 bridgehead atoms. The molecule has 1 amide bonds. The van der Waals surface area contributed by atoms with Gasteiger partial charge in [0, 0.05) is 50.6 Å². The summed E-state index contributed by atoms with van der Waals surface area (Å²) in [7, 11) is 0. The third-order valence-corrected chi connectivity index (χ3v) is 5.90. The van der Waals surface area contributed by atoms with Gasteiger partial charge in [-0.25, -0.2) is 4.98 Å². The lowest BCUT2D eigenvalue weighted by atomic mass is 10.1. The van der Waals surface area contributed by atoms with Gasteiger partial charge in [-0.2, -0.15) is 0 Å². The number of hydrogen-bond acceptors (Lipinski definition) is 6. The van der Waals surface area contributed by atoms with Gasteiger partial charge < -0.3 is 19.0 Å². The molecule has 2 aliphatic rings. The topological polar surface area (TPSA) is 71.7 Å². The van der Waals surface area contributed by atoms with Gasteiger partial charge in [0.1, 0.15) is 11.5 Å². The average Bonchev–Trinajstić information content (AvgIpc) is 3.26. The van der Waals surface area contributed by atoms with E-state index in [0.29, 0.717) is 32.7 Å². The smallest absolute Gasteiger partial charge is 0.256 e. The van der Waals surface area contributed by atoms with E-state index in [9.17, 15) is 4.79 Å². The molecule has 7 nitrogen and oxygen atoms in total. The highest BCUT2D eigenvalue weighted by molar-refractivity contribution is 6.00. The normalized spacial score (nSPS) is 16.3. The van der Waals surface area contributed by atoms with E-state index in [4.69, 9.17) is 14.1 Å². The van der Waals surface area contributed by atoms with Crippen LogP contribution in [0, 0.1) is 0 Å². The Bertz CT molecular complexity index is 1040. The summed E-state index contributed by atoms with van der Waals surface area (Å²) in [6.45, 7) is 4.12. The number of pyridine rings is 1. The number of anilines is 1. The van der Waals surface area contributed by atoms with Gasteiger partial charge in [0.05, 0.1) is 25.3 Å². The predicted molar refractivity (Wildman–Crippen MR) is 116 cm³/mol. The Morgan fingerprint density at radius 3 is 2.74 bits per heavy atom.